The number of thiophene rings is 1. The van der Waals surface area contributed by atoms with E-state index in [1.54, 1.807) is 18.2 Å². The fourth-order valence-corrected chi connectivity index (χ4v) is 5.05. The summed E-state index contributed by atoms with van der Waals surface area (Å²) >= 11 is 1.09. The second-order valence-corrected chi connectivity index (χ2v) is 8.06. The second kappa shape index (κ2) is 8.39. The van der Waals surface area contributed by atoms with Gasteiger partial charge >= 0.3 is 5.97 Å². The van der Waals surface area contributed by atoms with Gasteiger partial charge in [0, 0.05) is 22.8 Å². The summed E-state index contributed by atoms with van der Waals surface area (Å²) in [7, 11) is 1.54. The third kappa shape index (κ3) is 3.86. The van der Waals surface area contributed by atoms with Crippen LogP contribution in [0.15, 0.2) is 42.5 Å². The molecular formula is C23H20FNO5S. The van der Waals surface area contributed by atoms with E-state index in [4.69, 9.17) is 9.47 Å². The van der Waals surface area contributed by atoms with E-state index in [1.807, 2.05) is 13.0 Å². The lowest BCUT2D eigenvalue weighted by Crippen LogP contribution is -2.22. The molecule has 4 rings (SSSR count). The van der Waals surface area contributed by atoms with E-state index in [1.165, 1.54) is 25.3 Å². The van der Waals surface area contributed by atoms with E-state index >= 15 is 0 Å². The molecule has 0 saturated heterocycles. The zero-order chi connectivity index (χ0) is 22.1. The van der Waals surface area contributed by atoms with E-state index in [-0.39, 0.29) is 23.1 Å². The Morgan fingerprint density at radius 2 is 2.06 bits per heavy atom. The minimum atomic E-state index is -1.13. The first-order chi connectivity index (χ1) is 14.9. The topological polar surface area (TPSA) is 84.9 Å². The van der Waals surface area contributed by atoms with Gasteiger partial charge in [0.2, 0.25) is 5.91 Å². The molecule has 0 fully saturated rings. The first kappa shape index (κ1) is 20.9. The van der Waals surface area contributed by atoms with Crippen LogP contribution in [0.2, 0.25) is 0 Å². The van der Waals surface area contributed by atoms with Crippen LogP contribution in [0.4, 0.5) is 10.1 Å². The number of hydrogen-bond acceptors (Lipinski definition) is 5. The number of benzene rings is 2. The van der Waals surface area contributed by atoms with Crippen LogP contribution in [0, 0.1) is 5.82 Å². The van der Waals surface area contributed by atoms with Gasteiger partial charge < -0.3 is 19.9 Å². The van der Waals surface area contributed by atoms with Crippen molar-refractivity contribution in [2.75, 3.05) is 19.0 Å². The van der Waals surface area contributed by atoms with Crippen LogP contribution >= 0.6 is 11.3 Å². The van der Waals surface area contributed by atoms with Gasteiger partial charge in [-0.3, -0.25) is 4.79 Å². The lowest BCUT2D eigenvalue weighted by atomic mass is 9.88. The first-order valence-electron chi connectivity index (χ1n) is 9.69. The number of carbonyl (C=O) groups is 2. The Labute approximate surface area is 182 Å². The lowest BCUT2D eigenvalue weighted by Gasteiger charge is -2.24. The van der Waals surface area contributed by atoms with Gasteiger partial charge in [-0.2, -0.15) is 0 Å². The predicted octanol–water partition coefficient (Wildman–Crippen LogP) is 5.13. The van der Waals surface area contributed by atoms with Crippen molar-refractivity contribution >= 4 is 28.9 Å². The molecule has 1 aliphatic rings. The number of amides is 1. The summed E-state index contributed by atoms with van der Waals surface area (Å²) in [5.74, 6) is -1.09. The molecule has 0 unspecified atom stereocenters. The summed E-state index contributed by atoms with van der Waals surface area (Å²) in [5, 5.41) is 12.6. The smallest absolute Gasteiger partial charge is 0.346 e. The molecule has 0 saturated carbocycles. The molecule has 1 amide bonds. The third-order valence-corrected chi connectivity index (χ3v) is 6.39. The van der Waals surface area contributed by atoms with Crippen molar-refractivity contribution in [3.8, 4) is 22.6 Å². The van der Waals surface area contributed by atoms with Gasteiger partial charge in [-0.15, -0.1) is 11.3 Å². The molecule has 0 radical (unpaired) electrons. The Balaban J connectivity index is 1.88. The number of fused-ring (bicyclic) bond motifs is 1. The van der Waals surface area contributed by atoms with E-state index < -0.39 is 11.8 Å². The highest BCUT2D eigenvalue weighted by atomic mass is 32.1. The summed E-state index contributed by atoms with van der Waals surface area (Å²) in [6, 6.07) is 11.1. The number of aromatic carboxylic acids is 1. The monoisotopic (exact) mass is 441 g/mol. The average Bonchev–Trinajstić information content (AvgIpc) is 3.13. The number of nitrogens with one attached hydrogen (secondary N) is 1. The maximum Gasteiger partial charge on any atom is 0.346 e. The number of carboxylic acids is 1. The van der Waals surface area contributed by atoms with Crippen LogP contribution in [0.1, 0.15) is 39.4 Å². The summed E-state index contributed by atoms with van der Waals surface area (Å²) in [6.45, 7) is 2.35. The van der Waals surface area contributed by atoms with E-state index in [9.17, 15) is 19.1 Å². The molecule has 0 bridgehead atoms. The van der Waals surface area contributed by atoms with Crippen LogP contribution in [0.5, 0.6) is 11.5 Å². The number of rotatable bonds is 6. The summed E-state index contributed by atoms with van der Waals surface area (Å²) in [4.78, 5) is 25.4. The van der Waals surface area contributed by atoms with Gasteiger partial charge in [0.25, 0.3) is 0 Å². The molecule has 1 aromatic heterocycles. The minimum absolute atomic E-state index is 0.0562. The van der Waals surface area contributed by atoms with Crippen molar-refractivity contribution in [2.45, 2.75) is 19.3 Å². The summed E-state index contributed by atoms with van der Waals surface area (Å²) < 4.78 is 24.9. The molecule has 2 N–H and O–H groups in total. The highest BCUT2D eigenvalue weighted by Gasteiger charge is 2.35. The molecular weight excluding hydrogens is 421 g/mol. The van der Waals surface area contributed by atoms with Crippen molar-refractivity contribution in [2.24, 2.45) is 0 Å². The molecule has 1 aliphatic heterocycles. The Kier molecular flexibility index (Phi) is 5.65. The summed E-state index contributed by atoms with van der Waals surface area (Å²) in [6.07, 6.45) is 0.159. The Hall–Kier alpha value is -3.39. The average molecular weight is 441 g/mol. The minimum Gasteiger partial charge on any atom is -0.493 e. The fourth-order valence-electron chi connectivity index (χ4n) is 3.80. The largest absolute Gasteiger partial charge is 0.493 e. The molecule has 3 aromatic rings. The van der Waals surface area contributed by atoms with Gasteiger partial charge in [0.05, 0.1) is 19.4 Å². The standard InChI is InChI=1S/C23H20FNO5S/c1-3-30-16-8-7-12(10-17(16)29-2)15-11-18(26)25-20-19(13-5-4-6-14(24)9-13)22(23(27)28)31-21(15)20/h4-10,15H,3,11H2,1-2H3,(H,25,26)(H,27,28)/t15-/m0/s1. The molecule has 8 heteroatoms. The van der Waals surface area contributed by atoms with Crippen LogP contribution in [-0.2, 0) is 4.79 Å². The molecule has 31 heavy (non-hydrogen) atoms. The maximum atomic E-state index is 13.9. The Morgan fingerprint density at radius 3 is 2.74 bits per heavy atom. The van der Waals surface area contributed by atoms with Crippen molar-refractivity contribution < 1.29 is 28.6 Å². The van der Waals surface area contributed by atoms with Gasteiger partial charge in [-0.1, -0.05) is 18.2 Å². The van der Waals surface area contributed by atoms with Crippen molar-refractivity contribution in [1.29, 1.82) is 0 Å². The molecule has 0 spiro atoms. The zero-order valence-electron chi connectivity index (χ0n) is 16.9. The van der Waals surface area contributed by atoms with E-state index in [2.05, 4.69) is 5.32 Å². The molecule has 0 aliphatic carbocycles. The second-order valence-electron chi connectivity index (χ2n) is 7.01. The number of ether oxygens (including phenoxy) is 2. The van der Waals surface area contributed by atoms with Crippen LogP contribution in [-0.4, -0.2) is 30.7 Å². The quantitative estimate of drug-likeness (QED) is 0.554. The highest BCUT2D eigenvalue weighted by molar-refractivity contribution is 7.15. The fraction of sp³-hybridized carbons (Fsp3) is 0.217. The number of carboxylic acid groups (broad SMARTS) is 1. The Morgan fingerprint density at radius 1 is 1.26 bits per heavy atom. The number of methoxy groups -OCH3 is 1. The van der Waals surface area contributed by atoms with E-state index in [0.717, 1.165) is 16.9 Å². The van der Waals surface area contributed by atoms with Gasteiger partial charge in [-0.25, -0.2) is 9.18 Å². The maximum absolute atomic E-state index is 13.9. The number of halogens is 1. The third-order valence-electron chi connectivity index (χ3n) is 5.10. The normalized spacial score (nSPS) is 15.2. The number of anilines is 1. The SMILES string of the molecule is CCOc1ccc([C@@H]2CC(=O)Nc3c2sc(C(=O)O)c3-c2cccc(F)c2)cc1OC. The van der Waals surface area contributed by atoms with Gasteiger partial charge in [0.1, 0.15) is 10.7 Å². The van der Waals surface area contributed by atoms with Crippen molar-refractivity contribution in [3.63, 3.8) is 0 Å². The highest BCUT2D eigenvalue weighted by Crippen LogP contribution is 2.50. The lowest BCUT2D eigenvalue weighted by molar-refractivity contribution is -0.116. The van der Waals surface area contributed by atoms with Gasteiger partial charge in [-0.05, 0) is 42.3 Å². The van der Waals surface area contributed by atoms with Crippen molar-refractivity contribution in [3.05, 3.63) is 63.6 Å². The molecule has 2 heterocycles. The van der Waals surface area contributed by atoms with Crippen molar-refractivity contribution in [1.82, 2.24) is 0 Å². The van der Waals surface area contributed by atoms with Crippen LogP contribution in [0.25, 0.3) is 11.1 Å². The molecule has 1 atom stereocenters. The number of carbonyl (C=O) groups excluding carboxylic acids is 1. The molecule has 6 nitrogen and oxygen atoms in total. The molecule has 160 valence electrons. The van der Waals surface area contributed by atoms with Crippen LogP contribution < -0.4 is 14.8 Å². The number of hydrogen-bond donors (Lipinski definition) is 2. The zero-order valence-corrected chi connectivity index (χ0v) is 17.7. The van der Waals surface area contributed by atoms with E-state index in [0.29, 0.717) is 39.8 Å². The van der Waals surface area contributed by atoms with Gasteiger partial charge in [0.15, 0.2) is 11.5 Å². The predicted molar refractivity (Wildman–Crippen MR) is 116 cm³/mol. The molecule has 2 aromatic carbocycles. The summed E-state index contributed by atoms with van der Waals surface area (Å²) in [5.41, 5.74) is 1.95. The van der Waals surface area contributed by atoms with Crippen LogP contribution in [0.3, 0.4) is 0 Å². The first-order valence-corrected chi connectivity index (χ1v) is 10.5. The Bertz CT molecular complexity index is 1170.